The number of alkyl halides is 1. The highest BCUT2D eigenvalue weighted by Gasteiger charge is 2.32. The number of aryl methyl sites for hydroxylation is 1. The van der Waals surface area contributed by atoms with Crippen LogP contribution in [0.2, 0.25) is 0 Å². The molecule has 1 aliphatic rings. The van der Waals surface area contributed by atoms with Gasteiger partial charge >= 0.3 is 0 Å². The number of carbonyl (C=O) groups is 1. The molecule has 0 amide bonds. The summed E-state index contributed by atoms with van der Waals surface area (Å²) in [5.74, 6) is -0.317. The summed E-state index contributed by atoms with van der Waals surface area (Å²) in [5.41, 5.74) is 1.99. The predicted molar refractivity (Wildman–Crippen MR) is 87.4 cm³/mol. The van der Waals surface area contributed by atoms with Gasteiger partial charge in [-0.2, -0.15) is 0 Å². The lowest BCUT2D eigenvalue weighted by Crippen LogP contribution is -2.31. The van der Waals surface area contributed by atoms with E-state index in [4.69, 9.17) is 23.2 Å². The Morgan fingerprint density at radius 2 is 1.59 bits per heavy atom. The molecule has 0 unspecified atom stereocenters. The van der Waals surface area contributed by atoms with E-state index in [-0.39, 0.29) is 21.4 Å². The van der Waals surface area contributed by atoms with Crippen molar-refractivity contribution in [2.45, 2.75) is 31.0 Å². The summed E-state index contributed by atoms with van der Waals surface area (Å²) in [6.45, 7) is 5.09. The Morgan fingerprint density at radius 1 is 1.05 bits per heavy atom. The highest BCUT2D eigenvalue weighted by atomic mass is 35.5. The van der Waals surface area contributed by atoms with E-state index in [0.29, 0.717) is 11.1 Å². The maximum absolute atomic E-state index is 12.4. The molecule has 22 heavy (non-hydrogen) atoms. The molecule has 1 atom stereocenters. The van der Waals surface area contributed by atoms with Crippen molar-refractivity contribution in [1.29, 1.82) is 0 Å². The van der Waals surface area contributed by atoms with Gasteiger partial charge in [-0.05, 0) is 44.1 Å². The topological polar surface area (TPSA) is 63.2 Å². The van der Waals surface area contributed by atoms with Gasteiger partial charge in [-0.3, -0.25) is 9.52 Å². The molecular formula is C15H15Cl2NO3S. The molecule has 1 aromatic carbocycles. The molecule has 0 aliphatic heterocycles. The summed E-state index contributed by atoms with van der Waals surface area (Å²) in [6, 6.07) is 6.41. The Balaban J connectivity index is 2.45. The van der Waals surface area contributed by atoms with E-state index in [2.05, 4.69) is 4.72 Å². The molecule has 0 fully saturated rings. The second kappa shape index (κ2) is 6.07. The van der Waals surface area contributed by atoms with E-state index in [1.807, 2.05) is 6.92 Å². The third kappa shape index (κ3) is 3.07. The first-order chi connectivity index (χ1) is 10.1. The maximum Gasteiger partial charge on any atom is 0.261 e. The SMILES string of the molecule is CC1=C(C)C(NS(=O)(=O)c2ccc(C)cc2)=C(Cl)[C@H](Cl)C1=O. The zero-order valence-corrected chi connectivity index (χ0v) is 14.6. The minimum Gasteiger partial charge on any atom is -0.292 e. The van der Waals surface area contributed by atoms with Crippen LogP contribution in [0.4, 0.5) is 0 Å². The molecule has 4 nitrogen and oxygen atoms in total. The van der Waals surface area contributed by atoms with Crippen LogP contribution in [0.3, 0.4) is 0 Å². The molecular weight excluding hydrogens is 345 g/mol. The van der Waals surface area contributed by atoms with Crippen LogP contribution >= 0.6 is 23.2 Å². The highest BCUT2D eigenvalue weighted by molar-refractivity contribution is 7.89. The summed E-state index contributed by atoms with van der Waals surface area (Å²) in [4.78, 5) is 12.0. The number of hydrogen-bond acceptors (Lipinski definition) is 3. The lowest BCUT2D eigenvalue weighted by molar-refractivity contribution is -0.114. The van der Waals surface area contributed by atoms with Gasteiger partial charge in [0.15, 0.2) is 5.78 Å². The smallest absolute Gasteiger partial charge is 0.261 e. The summed E-state index contributed by atoms with van der Waals surface area (Å²) < 4.78 is 27.3. The number of sulfonamides is 1. The van der Waals surface area contributed by atoms with Crippen LogP contribution < -0.4 is 4.72 Å². The summed E-state index contributed by atoms with van der Waals surface area (Å²) in [6.07, 6.45) is 0. The molecule has 0 aromatic heterocycles. The molecule has 7 heteroatoms. The molecule has 0 spiro atoms. The highest BCUT2D eigenvalue weighted by Crippen LogP contribution is 2.32. The zero-order chi connectivity index (χ0) is 16.7. The van der Waals surface area contributed by atoms with Crippen molar-refractivity contribution in [2.75, 3.05) is 0 Å². The summed E-state index contributed by atoms with van der Waals surface area (Å²) >= 11 is 12.0. The van der Waals surface area contributed by atoms with Crippen LogP contribution in [0.5, 0.6) is 0 Å². The van der Waals surface area contributed by atoms with Crippen molar-refractivity contribution < 1.29 is 13.2 Å². The number of Topliss-reactive ketones (excluding diaryl/α,β-unsaturated/α-hetero) is 1. The van der Waals surface area contributed by atoms with Gasteiger partial charge in [0.05, 0.1) is 15.6 Å². The molecule has 0 heterocycles. The average Bonchev–Trinajstić information content (AvgIpc) is 2.48. The van der Waals surface area contributed by atoms with E-state index in [9.17, 15) is 13.2 Å². The maximum atomic E-state index is 12.4. The third-order valence-corrected chi connectivity index (χ3v) is 5.87. The summed E-state index contributed by atoms with van der Waals surface area (Å²) in [7, 11) is -3.80. The predicted octanol–water partition coefficient (Wildman–Crippen LogP) is 3.25. The van der Waals surface area contributed by atoms with Gasteiger partial charge in [0.1, 0.15) is 5.38 Å². The van der Waals surface area contributed by atoms with Crippen molar-refractivity contribution in [3.8, 4) is 0 Å². The molecule has 1 aliphatic carbocycles. The van der Waals surface area contributed by atoms with E-state index in [1.165, 1.54) is 12.1 Å². The fraction of sp³-hybridized carbons (Fsp3) is 0.267. The first kappa shape index (κ1) is 17.1. The monoisotopic (exact) mass is 359 g/mol. The van der Waals surface area contributed by atoms with Crippen molar-refractivity contribution in [3.05, 3.63) is 51.7 Å². The van der Waals surface area contributed by atoms with Gasteiger partial charge in [-0.1, -0.05) is 29.3 Å². The molecule has 0 saturated carbocycles. The molecule has 0 saturated heterocycles. The van der Waals surface area contributed by atoms with Gasteiger partial charge in [0.25, 0.3) is 10.0 Å². The first-order valence-electron chi connectivity index (χ1n) is 6.50. The van der Waals surface area contributed by atoms with Gasteiger partial charge in [0.2, 0.25) is 0 Å². The van der Waals surface area contributed by atoms with Crippen molar-refractivity contribution in [3.63, 3.8) is 0 Å². The van der Waals surface area contributed by atoms with Gasteiger partial charge in [-0.25, -0.2) is 8.42 Å². The number of carbonyl (C=O) groups excluding carboxylic acids is 1. The van der Waals surface area contributed by atoms with E-state index < -0.39 is 15.4 Å². The largest absolute Gasteiger partial charge is 0.292 e. The second-order valence-corrected chi connectivity index (χ2v) is 7.64. The number of benzene rings is 1. The van der Waals surface area contributed by atoms with E-state index >= 15 is 0 Å². The molecule has 2 rings (SSSR count). The minimum atomic E-state index is -3.80. The van der Waals surface area contributed by atoms with Gasteiger partial charge in [-0.15, -0.1) is 11.6 Å². The Bertz CT molecular complexity index is 793. The van der Waals surface area contributed by atoms with Gasteiger partial charge in [0, 0.05) is 0 Å². The number of nitrogens with one attached hydrogen (secondary N) is 1. The molecule has 118 valence electrons. The van der Waals surface area contributed by atoms with E-state index in [0.717, 1.165) is 5.56 Å². The number of rotatable bonds is 3. The lowest BCUT2D eigenvalue weighted by atomic mass is 9.96. The fourth-order valence-corrected chi connectivity index (χ4v) is 3.78. The Kier molecular flexibility index (Phi) is 4.70. The molecule has 0 radical (unpaired) electrons. The number of halogens is 2. The van der Waals surface area contributed by atoms with Crippen molar-refractivity contribution in [2.24, 2.45) is 0 Å². The van der Waals surface area contributed by atoms with Crippen LogP contribution in [0.1, 0.15) is 19.4 Å². The lowest BCUT2D eigenvalue weighted by Gasteiger charge is -2.23. The second-order valence-electron chi connectivity index (χ2n) is 5.12. The average molecular weight is 360 g/mol. The molecule has 1 N–H and O–H groups in total. The number of hydrogen-bond donors (Lipinski definition) is 1. The molecule has 1 aromatic rings. The number of ketones is 1. The van der Waals surface area contributed by atoms with Crippen LogP contribution in [0, 0.1) is 6.92 Å². The summed E-state index contributed by atoms with van der Waals surface area (Å²) in [5, 5.41) is -1.08. The Morgan fingerprint density at radius 3 is 2.14 bits per heavy atom. The fourth-order valence-electron chi connectivity index (χ4n) is 2.02. The third-order valence-electron chi connectivity index (χ3n) is 3.57. The zero-order valence-electron chi connectivity index (χ0n) is 12.3. The normalized spacial score (nSPS) is 19.7. The van der Waals surface area contributed by atoms with Crippen molar-refractivity contribution in [1.82, 2.24) is 4.72 Å². The Labute approximate surface area is 139 Å². The minimum absolute atomic E-state index is 0.00884. The quantitative estimate of drug-likeness (QED) is 0.842. The van der Waals surface area contributed by atoms with Crippen LogP contribution in [-0.2, 0) is 14.8 Å². The van der Waals surface area contributed by atoms with Crippen LogP contribution in [0.15, 0.2) is 51.0 Å². The molecule has 0 bridgehead atoms. The van der Waals surface area contributed by atoms with Crippen LogP contribution in [0.25, 0.3) is 0 Å². The van der Waals surface area contributed by atoms with E-state index in [1.54, 1.807) is 26.0 Å². The number of allylic oxidation sites excluding steroid dienone is 3. The first-order valence-corrected chi connectivity index (χ1v) is 8.80. The van der Waals surface area contributed by atoms with Gasteiger partial charge < -0.3 is 0 Å². The standard InChI is InChI=1S/C15H15Cl2NO3S/c1-8-4-6-11(7-5-8)22(20,21)18-14-9(2)10(3)15(19)13(17)12(14)16/h4-7,13,18H,1-3H3/t13-/m0/s1. The Hall–Kier alpha value is -1.30. The van der Waals surface area contributed by atoms with Crippen LogP contribution in [-0.4, -0.2) is 19.6 Å². The van der Waals surface area contributed by atoms with Crippen molar-refractivity contribution >= 4 is 39.0 Å².